The lowest BCUT2D eigenvalue weighted by molar-refractivity contribution is 0.0927. The van der Waals surface area contributed by atoms with Crippen molar-refractivity contribution >= 4 is 22.6 Å². The van der Waals surface area contributed by atoms with Gasteiger partial charge in [0.15, 0.2) is 0 Å². The number of benzene rings is 1. The summed E-state index contributed by atoms with van der Waals surface area (Å²) < 4.78 is 0. The van der Waals surface area contributed by atoms with Crippen molar-refractivity contribution in [2.45, 2.75) is 39.7 Å². The molecule has 0 radical (unpaired) electrons. The van der Waals surface area contributed by atoms with E-state index in [0.29, 0.717) is 17.3 Å². The van der Waals surface area contributed by atoms with Crippen molar-refractivity contribution in [2.24, 2.45) is 5.92 Å². The smallest absolute Gasteiger partial charge is 0.252 e. The maximum absolute atomic E-state index is 12.6. The summed E-state index contributed by atoms with van der Waals surface area (Å²) in [5, 5.41) is 3.93. The molecule has 0 aliphatic heterocycles. The highest BCUT2D eigenvalue weighted by molar-refractivity contribution is 6.06. The first-order valence-electron chi connectivity index (χ1n) is 7.52. The van der Waals surface area contributed by atoms with Gasteiger partial charge in [0.25, 0.3) is 5.91 Å². The van der Waals surface area contributed by atoms with Crippen LogP contribution in [0.1, 0.15) is 44.0 Å². The monoisotopic (exact) mass is 285 g/mol. The van der Waals surface area contributed by atoms with Crippen molar-refractivity contribution in [2.75, 3.05) is 5.73 Å². The van der Waals surface area contributed by atoms with Crippen LogP contribution in [0.5, 0.6) is 0 Å². The summed E-state index contributed by atoms with van der Waals surface area (Å²) in [5.74, 6) is 0.771. The second-order valence-corrected chi connectivity index (χ2v) is 5.45. The number of nitrogens with two attached hydrogens (primary N) is 1. The average molecular weight is 285 g/mol. The molecule has 4 heteroatoms. The van der Waals surface area contributed by atoms with Gasteiger partial charge in [-0.15, -0.1) is 0 Å². The summed E-state index contributed by atoms with van der Waals surface area (Å²) in [5.41, 5.74) is 7.16. The number of amides is 1. The molecule has 0 spiro atoms. The van der Waals surface area contributed by atoms with Crippen LogP contribution in [0.3, 0.4) is 0 Å². The molecule has 4 nitrogen and oxygen atoms in total. The molecule has 1 aromatic carbocycles. The molecule has 1 aromatic heterocycles. The van der Waals surface area contributed by atoms with Gasteiger partial charge in [0.1, 0.15) is 5.82 Å². The van der Waals surface area contributed by atoms with Gasteiger partial charge >= 0.3 is 0 Å². The topological polar surface area (TPSA) is 68.0 Å². The van der Waals surface area contributed by atoms with Crippen LogP contribution in [0.15, 0.2) is 30.3 Å². The highest BCUT2D eigenvalue weighted by Crippen LogP contribution is 2.20. The molecule has 0 saturated carbocycles. The lowest BCUT2D eigenvalue weighted by Crippen LogP contribution is -2.37. The zero-order valence-electron chi connectivity index (χ0n) is 12.9. The number of anilines is 1. The van der Waals surface area contributed by atoms with E-state index in [1.807, 2.05) is 24.3 Å². The third-order valence-corrected chi connectivity index (χ3v) is 4.10. The van der Waals surface area contributed by atoms with Gasteiger partial charge in [-0.2, -0.15) is 0 Å². The van der Waals surface area contributed by atoms with Crippen molar-refractivity contribution < 1.29 is 4.79 Å². The molecule has 0 fully saturated rings. The molecule has 1 amide bonds. The van der Waals surface area contributed by atoms with Crippen molar-refractivity contribution in [1.82, 2.24) is 10.3 Å². The SMILES string of the molecule is CCC(CC)C(C)NC(=O)c1cc(N)nc2ccccc12. The molecule has 2 aromatic rings. The van der Waals surface area contributed by atoms with Crippen LogP contribution in [-0.4, -0.2) is 16.9 Å². The second kappa shape index (κ2) is 6.57. The lowest BCUT2D eigenvalue weighted by Gasteiger charge is -2.22. The van der Waals surface area contributed by atoms with E-state index in [1.54, 1.807) is 6.07 Å². The van der Waals surface area contributed by atoms with Gasteiger partial charge in [0.05, 0.1) is 11.1 Å². The Morgan fingerprint density at radius 3 is 2.62 bits per heavy atom. The molecule has 1 unspecified atom stereocenters. The second-order valence-electron chi connectivity index (χ2n) is 5.45. The van der Waals surface area contributed by atoms with Gasteiger partial charge in [-0.05, 0) is 25.0 Å². The minimum Gasteiger partial charge on any atom is -0.384 e. The van der Waals surface area contributed by atoms with E-state index in [0.717, 1.165) is 23.7 Å². The summed E-state index contributed by atoms with van der Waals surface area (Å²) in [6.45, 7) is 6.36. The number of hydrogen-bond donors (Lipinski definition) is 2. The molecule has 112 valence electrons. The molecule has 3 N–H and O–H groups in total. The van der Waals surface area contributed by atoms with Crippen molar-refractivity contribution in [3.05, 3.63) is 35.9 Å². The summed E-state index contributed by atoms with van der Waals surface area (Å²) in [6.07, 6.45) is 2.11. The summed E-state index contributed by atoms with van der Waals surface area (Å²) >= 11 is 0. The largest absolute Gasteiger partial charge is 0.384 e. The number of fused-ring (bicyclic) bond motifs is 1. The number of hydrogen-bond acceptors (Lipinski definition) is 3. The maximum Gasteiger partial charge on any atom is 0.252 e. The van der Waals surface area contributed by atoms with E-state index >= 15 is 0 Å². The Morgan fingerprint density at radius 2 is 1.95 bits per heavy atom. The molecule has 0 aliphatic rings. The third kappa shape index (κ3) is 3.32. The van der Waals surface area contributed by atoms with Crippen molar-refractivity contribution in [1.29, 1.82) is 0 Å². The van der Waals surface area contributed by atoms with Gasteiger partial charge in [0, 0.05) is 11.4 Å². The van der Waals surface area contributed by atoms with E-state index in [1.165, 1.54) is 0 Å². The van der Waals surface area contributed by atoms with Gasteiger partial charge in [-0.3, -0.25) is 4.79 Å². The Hall–Kier alpha value is -2.10. The Balaban J connectivity index is 2.31. The zero-order valence-corrected chi connectivity index (χ0v) is 12.9. The van der Waals surface area contributed by atoms with Crippen LogP contribution < -0.4 is 11.1 Å². The van der Waals surface area contributed by atoms with E-state index in [2.05, 4.69) is 31.1 Å². The fourth-order valence-electron chi connectivity index (χ4n) is 2.78. The molecular weight excluding hydrogens is 262 g/mol. The standard InChI is InChI=1S/C17H23N3O/c1-4-12(5-2)11(3)19-17(21)14-10-16(18)20-15-9-7-6-8-13(14)15/h6-12H,4-5H2,1-3H3,(H2,18,20)(H,19,21). The average Bonchev–Trinajstić information content (AvgIpc) is 2.47. The maximum atomic E-state index is 12.6. The number of pyridine rings is 1. The Bertz CT molecular complexity index is 635. The van der Waals surface area contributed by atoms with Crippen molar-refractivity contribution in [3.63, 3.8) is 0 Å². The number of aromatic nitrogens is 1. The highest BCUT2D eigenvalue weighted by atomic mass is 16.1. The summed E-state index contributed by atoms with van der Waals surface area (Å²) in [4.78, 5) is 16.8. The van der Waals surface area contributed by atoms with E-state index < -0.39 is 0 Å². The number of nitrogens with one attached hydrogen (secondary N) is 1. The molecule has 1 atom stereocenters. The predicted molar refractivity (Wildman–Crippen MR) is 87.2 cm³/mol. The van der Waals surface area contributed by atoms with Crippen LogP contribution in [0.2, 0.25) is 0 Å². The molecule has 2 rings (SSSR count). The number of carbonyl (C=O) groups is 1. The van der Waals surface area contributed by atoms with Gasteiger partial charge in [-0.25, -0.2) is 4.98 Å². The van der Waals surface area contributed by atoms with Gasteiger partial charge < -0.3 is 11.1 Å². The quantitative estimate of drug-likeness (QED) is 0.885. The van der Waals surface area contributed by atoms with Crippen LogP contribution in [0, 0.1) is 5.92 Å². The highest BCUT2D eigenvalue weighted by Gasteiger charge is 2.18. The van der Waals surface area contributed by atoms with Crippen LogP contribution in [0.25, 0.3) is 10.9 Å². The Labute approximate surface area is 125 Å². The van der Waals surface area contributed by atoms with Crippen molar-refractivity contribution in [3.8, 4) is 0 Å². The minimum absolute atomic E-state index is 0.0836. The number of carbonyl (C=O) groups excluding carboxylic acids is 1. The molecule has 0 bridgehead atoms. The fraction of sp³-hybridized carbons (Fsp3) is 0.412. The fourth-order valence-corrected chi connectivity index (χ4v) is 2.78. The summed E-state index contributed by atoms with van der Waals surface area (Å²) in [7, 11) is 0. The number of nitrogen functional groups attached to an aromatic ring is 1. The Morgan fingerprint density at radius 1 is 1.29 bits per heavy atom. The normalized spacial score (nSPS) is 12.6. The predicted octanol–water partition coefficient (Wildman–Crippen LogP) is 3.37. The Kier molecular flexibility index (Phi) is 4.78. The van der Waals surface area contributed by atoms with E-state index in [-0.39, 0.29) is 11.9 Å². The first kappa shape index (κ1) is 15.3. The third-order valence-electron chi connectivity index (χ3n) is 4.10. The minimum atomic E-state index is -0.0836. The number of para-hydroxylation sites is 1. The molecule has 0 saturated heterocycles. The van der Waals surface area contributed by atoms with Gasteiger partial charge in [0.2, 0.25) is 0 Å². The van der Waals surface area contributed by atoms with Crippen LogP contribution in [0.4, 0.5) is 5.82 Å². The first-order valence-corrected chi connectivity index (χ1v) is 7.52. The summed E-state index contributed by atoms with van der Waals surface area (Å²) in [6, 6.07) is 9.35. The van der Waals surface area contributed by atoms with Crippen LogP contribution >= 0.6 is 0 Å². The van der Waals surface area contributed by atoms with E-state index in [9.17, 15) is 4.79 Å². The lowest BCUT2D eigenvalue weighted by atomic mass is 9.95. The van der Waals surface area contributed by atoms with Crippen LogP contribution in [-0.2, 0) is 0 Å². The zero-order chi connectivity index (χ0) is 15.4. The first-order chi connectivity index (χ1) is 10.1. The molecule has 1 heterocycles. The molecular formula is C17H23N3O. The number of nitrogens with zero attached hydrogens (tertiary/aromatic N) is 1. The molecule has 0 aliphatic carbocycles. The van der Waals surface area contributed by atoms with Gasteiger partial charge in [-0.1, -0.05) is 44.9 Å². The molecule has 21 heavy (non-hydrogen) atoms. The van der Waals surface area contributed by atoms with E-state index in [4.69, 9.17) is 5.73 Å². The number of rotatable bonds is 5.